The highest BCUT2D eigenvalue weighted by Crippen LogP contribution is 2.58. The molecule has 1 aromatic heterocycles. The maximum absolute atomic E-state index is 5.34. The predicted octanol–water partition coefficient (Wildman–Crippen LogP) is 12.6. The lowest BCUT2D eigenvalue weighted by molar-refractivity contribution is 0.768. The first-order valence-electron chi connectivity index (χ1n) is 18.7. The summed E-state index contributed by atoms with van der Waals surface area (Å²) in [6.45, 7) is 0. The molecule has 1 heterocycles. The van der Waals surface area contributed by atoms with E-state index in [2.05, 4.69) is 200 Å². The summed E-state index contributed by atoms with van der Waals surface area (Å²) in [5.41, 5.74) is 14.0. The van der Waals surface area contributed by atoms with E-state index in [4.69, 9.17) is 15.0 Å². The summed E-state index contributed by atoms with van der Waals surface area (Å²) < 4.78 is 0. The number of nitrogens with zero attached hydrogens (tertiary/aromatic N) is 3. The molecule has 1 aliphatic rings. The zero-order chi connectivity index (χ0) is 36.6. The van der Waals surface area contributed by atoms with Gasteiger partial charge in [0, 0.05) is 16.7 Å². The third-order valence-electron chi connectivity index (χ3n) is 10.8. The predicted molar refractivity (Wildman–Crippen MR) is 224 cm³/mol. The molecule has 258 valence electrons. The molecule has 0 aliphatic heterocycles. The zero-order valence-electron chi connectivity index (χ0n) is 30.0. The standard InChI is InChI=1S/C52H35N3/c1-5-18-36(19-6-1)38-22-15-24-40(34-38)49-53-50(41-25-16-23-39(35-41)37-20-7-2-8-21-37)55-51(54-49)45-31-17-33-47-48(45)44-30-13-14-32-46(44)52(47,42-26-9-3-10-27-42)43-28-11-4-12-29-43/h1-35H. The van der Waals surface area contributed by atoms with E-state index in [0.717, 1.165) is 44.5 Å². The van der Waals surface area contributed by atoms with Crippen LogP contribution in [0.2, 0.25) is 0 Å². The van der Waals surface area contributed by atoms with Crippen molar-refractivity contribution in [1.82, 2.24) is 15.0 Å². The summed E-state index contributed by atoms with van der Waals surface area (Å²) >= 11 is 0. The van der Waals surface area contributed by atoms with E-state index in [1.165, 1.54) is 27.8 Å². The van der Waals surface area contributed by atoms with E-state index in [-0.39, 0.29) is 0 Å². The molecule has 0 amide bonds. The first kappa shape index (κ1) is 32.4. The Kier molecular flexibility index (Phi) is 8.04. The first-order valence-corrected chi connectivity index (χ1v) is 18.7. The Morgan fingerprint density at radius 2 is 0.655 bits per heavy atom. The van der Waals surface area contributed by atoms with Crippen LogP contribution < -0.4 is 0 Å². The molecular formula is C52H35N3. The van der Waals surface area contributed by atoms with Gasteiger partial charge in [-0.1, -0.05) is 200 Å². The van der Waals surface area contributed by atoms with E-state index in [0.29, 0.717) is 17.5 Å². The highest BCUT2D eigenvalue weighted by molar-refractivity contribution is 5.94. The maximum atomic E-state index is 5.34. The van der Waals surface area contributed by atoms with Crippen LogP contribution in [0.15, 0.2) is 212 Å². The maximum Gasteiger partial charge on any atom is 0.164 e. The first-order chi connectivity index (χ1) is 27.3. The molecule has 0 saturated heterocycles. The molecule has 9 aromatic rings. The SMILES string of the molecule is c1ccc(-c2cccc(-c3nc(-c4cccc(-c5ccccc5)c4)nc(-c4cccc5c4-c4ccccc4C5(c4ccccc4)c4ccccc4)n3)c2)cc1. The molecule has 0 atom stereocenters. The molecular weight excluding hydrogens is 667 g/mol. The minimum Gasteiger partial charge on any atom is -0.208 e. The van der Waals surface area contributed by atoms with Gasteiger partial charge in [-0.3, -0.25) is 0 Å². The highest BCUT2D eigenvalue weighted by Gasteiger charge is 2.47. The minimum atomic E-state index is -0.531. The lowest BCUT2D eigenvalue weighted by Crippen LogP contribution is -2.28. The molecule has 1 aliphatic carbocycles. The molecule has 3 nitrogen and oxygen atoms in total. The van der Waals surface area contributed by atoms with Crippen LogP contribution in [0.3, 0.4) is 0 Å². The van der Waals surface area contributed by atoms with Crippen LogP contribution in [0.1, 0.15) is 22.3 Å². The number of hydrogen-bond acceptors (Lipinski definition) is 3. The monoisotopic (exact) mass is 701 g/mol. The van der Waals surface area contributed by atoms with Crippen LogP contribution in [0, 0.1) is 0 Å². The second-order valence-electron chi connectivity index (χ2n) is 14.0. The van der Waals surface area contributed by atoms with Crippen LogP contribution in [0.4, 0.5) is 0 Å². The van der Waals surface area contributed by atoms with E-state index in [1.807, 2.05) is 12.1 Å². The summed E-state index contributed by atoms with van der Waals surface area (Å²) in [5, 5.41) is 0. The molecule has 0 spiro atoms. The Balaban J connectivity index is 1.23. The lowest BCUT2D eigenvalue weighted by atomic mass is 9.67. The molecule has 55 heavy (non-hydrogen) atoms. The molecule has 8 aromatic carbocycles. The van der Waals surface area contributed by atoms with Gasteiger partial charge in [0.25, 0.3) is 0 Å². The van der Waals surface area contributed by atoms with Gasteiger partial charge >= 0.3 is 0 Å². The molecule has 0 radical (unpaired) electrons. The van der Waals surface area contributed by atoms with Crippen molar-refractivity contribution in [2.45, 2.75) is 5.41 Å². The normalized spacial score (nSPS) is 12.5. The van der Waals surface area contributed by atoms with Crippen molar-refractivity contribution in [3.05, 3.63) is 235 Å². The smallest absolute Gasteiger partial charge is 0.164 e. The van der Waals surface area contributed by atoms with Crippen LogP contribution >= 0.6 is 0 Å². The zero-order valence-corrected chi connectivity index (χ0v) is 30.0. The summed E-state index contributed by atoms with van der Waals surface area (Å²) in [4.78, 5) is 15.9. The van der Waals surface area contributed by atoms with Gasteiger partial charge in [-0.15, -0.1) is 0 Å². The molecule has 0 N–H and O–H groups in total. The fraction of sp³-hybridized carbons (Fsp3) is 0.0192. The number of benzene rings is 8. The molecule has 0 saturated carbocycles. The molecule has 0 fully saturated rings. The second-order valence-corrected chi connectivity index (χ2v) is 14.0. The van der Waals surface area contributed by atoms with Gasteiger partial charge in [0.05, 0.1) is 5.41 Å². The molecule has 10 rings (SSSR count). The van der Waals surface area contributed by atoms with Gasteiger partial charge in [-0.2, -0.15) is 0 Å². The summed E-state index contributed by atoms with van der Waals surface area (Å²) in [7, 11) is 0. The highest BCUT2D eigenvalue weighted by atomic mass is 15.0. The van der Waals surface area contributed by atoms with Crippen molar-refractivity contribution in [3.8, 4) is 67.5 Å². The Hall–Kier alpha value is -7.23. The van der Waals surface area contributed by atoms with Crippen molar-refractivity contribution in [3.63, 3.8) is 0 Å². The fourth-order valence-electron chi connectivity index (χ4n) is 8.37. The quantitative estimate of drug-likeness (QED) is 0.166. The average molecular weight is 702 g/mol. The van der Waals surface area contributed by atoms with Gasteiger partial charge in [-0.25, -0.2) is 15.0 Å². The van der Waals surface area contributed by atoms with Crippen molar-refractivity contribution >= 4 is 0 Å². The lowest BCUT2D eigenvalue weighted by Gasteiger charge is -2.33. The summed E-state index contributed by atoms with van der Waals surface area (Å²) in [6.07, 6.45) is 0. The van der Waals surface area contributed by atoms with Crippen molar-refractivity contribution in [2.24, 2.45) is 0 Å². The van der Waals surface area contributed by atoms with Crippen LogP contribution in [0.25, 0.3) is 67.5 Å². The topological polar surface area (TPSA) is 38.7 Å². The van der Waals surface area contributed by atoms with Crippen LogP contribution in [0.5, 0.6) is 0 Å². The Bertz CT molecular complexity index is 2660. The van der Waals surface area contributed by atoms with Gasteiger partial charge in [0.15, 0.2) is 17.5 Å². The van der Waals surface area contributed by atoms with Gasteiger partial charge in [0.1, 0.15) is 0 Å². The largest absolute Gasteiger partial charge is 0.208 e. The van der Waals surface area contributed by atoms with Crippen LogP contribution in [-0.2, 0) is 5.41 Å². The number of hydrogen-bond donors (Lipinski definition) is 0. The average Bonchev–Trinajstić information content (AvgIpc) is 3.59. The van der Waals surface area contributed by atoms with Crippen molar-refractivity contribution < 1.29 is 0 Å². The van der Waals surface area contributed by atoms with Crippen molar-refractivity contribution in [2.75, 3.05) is 0 Å². The Morgan fingerprint density at radius 1 is 0.273 bits per heavy atom. The Labute approximate surface area is 321 Å². The van der Waals surface area contributed by atoms with E-state index >= 15 is 0 Å². The van der Waals surface area contributed by atoms with Gasteiger partial charge in [0.2, 0.25) is 0 Å². The third kappa shape index (κ3) is 5.57. The van der Waals surface area contributed by atoms with E-state index in [1.54, 1.807) is 0 Å². The summed E-state index contributed by atoms with van der Waals surface area (Å²) in [6, 6.07) is 75.1. The molecule has 3 heteroatoms. The van der Waals surface area contributed by atoms with E-state index in [9.17, 15) is 0 Å². The Morgan fingerprint density at radius 3 is 1.20 bits per heavy atom. The van der Waals surface area contributed by atoms with Gasteiger partial charge in [-0.05, 0) is 67.8 Å². The third-order valence-corrected chi connectivity index (χ3v) is 10.8. The minimum absolute atomic E-state index is 0.531. The number of rotatable bonds is 7. The summed E-state index contributed by atoms with van der Waals surface area (Å²) in [5.74, 6) is 1.90. The van der Waals surface area contributed by atoms with Crippen LogP contribution in [-0.4, -0.2) is 15.0 Å². The molecule has 0 bridgehead atoms. The van der Waals surface area contributed by atoms with E-state index < -0.39 is 5.41 Å². The molecule has 0 unspecified atom stereocenters. The van der Waals surface area contributed by atoms with Gasteiger partial charge < -0.3 is 0 Å². The van der Waals surface area contributed by atoms with Crippen molar-refractivity contribution in [1.29, 1.82) is 0 Å². The number of aromatic nitrogens is 3. The number of fused-ring (bicyclic) bond motifs is 3. The fourth-order valence-corrected chi connectivity index (χ4v) is 8.37. The second kappa shape index (κ2) is 13.6.